The molecule has 0 aliphatic carbocycles. The number of benzene rings is 2. The molecule has 1 atom stereocenters. The van der Waals surface area contributed by atoms with Crippen molar-refractivity contribution in [3.8, 4) is 17.2 Å². The minimum atomic E-state index is -0.472. The highest BCUT2D eigenvalue weighted by molar-refractivity contribution is 6.30. The molecule has 9 heteroatoms. The molecule has 0 fully saturated rings. The van der Waals surface area contributed by atoms with Crippen molar-refractivity contribution in [3.63, 3.8) is 0 Å². The molecule has 3 N–H and O–H groups in total. The van der Waals surface area contributed by atoms with Gasteiger partial charge in [-0.2, -0.15) is 0 Å². The first-order chi connectivity index (χ1) is 13.9. The summed E-state index contributed by atoms with van der Waals surface area (Å²) < 4.78 is 16.0. The minimum Gasteiger partial charge on any atom is -0.493 e. The number of likely N-dealkylation sites (N-methyl/N-ethyl adjacent to an activating group) is 1. The van der Waals surface area contributed by atoms with Gasteiger partial charge in [0.05, 0.1) is 26.8 Å². The van der Waals surface area contributed by atoms with Crippen molar-refractivity contribution in [2.45, 2.75) is 6.54 Å². The largest absolute Gasteiger partial charge is 0.493 e. The predicted molar refractivity (Wildman–Crippen MR) is 108 cm³/mol. The number of hydrogen-bond donors (Lipinski definition) is 3. The Morgan fingerprint density at radius 3 is 2.34 bits per heavy atom. The van der Waals surface area contributed by atoms with Crippen LogP contribution in [0.15, 0.2) is 42.5 Å². The van der Waals surface area contributed by atoms with E-state index in [-0.39, 0.29) is 19.1 Å². The molecule has 0 aromatic heterocycles. The fourth-order valence-corrected chi connectivity index (χ4v) is 2.78. The standard InChI is InChI=1S/C20H24ClN3O5/c1-24(11-14-5-4-6-17(27-2)20(14)28-3)12-18(25)22-23-19(26)13-29-16-9-7-15(21)8-10-16/h4-10H,11-13H2,1-3H3,(H,22,25)(H,23,26)/p+1. The Kier molecular flexibility index (Phi) is 8.57. The summed E-state index contributed by atoms with van der Waals surface area (Å²) in [6, 6.07) is 12.2. The molecular weight excluding hydrogens is 398 g/mol. The van der Waals surface area contributed by atoms with Crippen molar-refractivity contribution in [2.75, 3.05) is 34.4 Å². The first kappa shape index (κ1) is 22.3. The van der Waals surface area contributed by atoms with Crippen LogP contribution in [0.2, 0.25) is 5.02 Å². The summed E-state index contributed by atoms with van der Waals surface area (Å²) in [6.45, 7) is 0.464. The van der Waals surface area contributed by atoms with Gasteiger partial charge in [0, 0.05) is 5.02 Å². The van der Waals surface area contributed by atoms with E-state index in [9.17, 15) is 9.59 Å². The highest BCUT2D eigenvalue weighted by Crippen LogP contribution is 2.29. The average molecular weight is 423 g/mol. The van der Waals surface area contributed by atoms with Crippen molar-refractivity contribution >= 4 is 23.4 Å². The van der Waals surface area contributed by atoms with E-state index < -0.39 is 5.91 Å². The Morgan fingerprint density at radius 1 is 1.00 bits per heavy atom. The van der Waals surface area contributed by atoms with Crippen LogP contribution >= 0.6 is 11.6 Å². The quantitative estimate of drug-likeness (QED) is 0.515. The number of halogens is 1. The maximum Gasteiger partial charge on any atom is 0.293 e. The Hall–Kier alpha value is -2.97. The van der Waals surface area contributed by atoms with Gasteiger partial charge in [0.15, 0.2) is 24.7 Å². The lowest BCUT2D eigenvalue weighted by atomic mass is 10.1. The van der Waals surface area contributed by atoms with Crippen molar-refractivity contribution in [1.82, 2.24) is 10.9 Å². The van der Waals surface area contributed by atoms with Crippen LogP contribution in [0.4, 0.5) is 0 Å². The van der Waals surface area contributed by atoms with Crippen LogP contribution < -0.4 is 30.0 Å². The molecular formula is C20H25ClN3O5+. The number of nitrogens with one attached hydrogen (secondary N) is 3. The Labute approximate surface area is 174 Å². The molecule has 0 heterocycles. The zero-order chi connectivity index (χ0) is 21.2. The fraction of sp³-hybridized carbons (Fsp3) is 0.300. The van der Waals surface area contributed by atoms with Crippen LogP contribution in [0.1, 0.15) is 5.56 Å². The molecule has 0 radical (unpaired) electrons. The summed E-state index contributed by atoms with van der Waals surface area (Å²) in [6.07, 6.45) is 0. The van der Waals surface area contributed by atoms with Gasteiger partial charge in [-0.05, 0) is 36.4 Å². The second kappa shape index (κ2) is 11.1. The molecule has 0 saturated heterocycles. The smallest absolute Gasteiger partial charge is 0.293 e. The first-order valence-corrected chi connectivity index (χ1v) is 9.28. The lowest BCUT2D eigenvalue weighted by molar-refractivity contribution is -0.885. The third-order valence-electron chi connectivity index (χ3n) is 3.96. The Balaban J connectivity index is 1.75. The van der Waals surface area contributed by atoms with Gasteiger partial charge < -0.3 is 19.1 Å². The molecule has 8 nitrogen and oxygen atoms in total. The van der Waals surface area contributed by atoms with E-state index in [2.05, 4.69) is 10.9 Å². The maximum atomic E-state index is 12.1. The van der Waals surface area contributed by atoms with Gasteiger partial charge in [0.2, 0.25) is 0 Å². The number of hydrazine groups is 1. The predicted octanol–water partition coefficient (Wildman–Crippen LogP) is 0.598. The van der Waals surface area contributed by atoms with Crippen molar-refractivity contribution in [3.05, 3.63) is 53.1 Å². The molecule has 29 heavy (non-hydrogen) atoms. The second-order valence-corrected chi connectivity index (χ2v) is 6.74. The normalized spacial score (nSPS) is 11.3. The topological polar surface area (TPSA) is 90.3 Å². The highest BCUT2D eigenvalue weighted by Gasteiger charge is 2.16. The average Bonchev–Trinajstić information content (AvgIpc) is 2.71. The van der Waals surface area contributed by atoms with E-state index in [1.165, 1.54) is 0 Å². The van der Waals surface area contributed by atoms with Crippen molar-refractivity contribution in [2.24, 2.45) is 0 Å². The van der Waals surface area contributed by atoms with Crippen LogP contribution in [0, 0.1) is 0 Å². The first-order valence-electron chi connectivity index (χ1n) is 8.90. The van der Waals surface area contributed by atoms with Crippen LogP contribution in [-0.2, 0) is 16.1 Å². The number of amides is 2. The summed E-state index contributed by atoms with van der Waals surface area (Å²) >= 11 is 5.79. The van der Waals surface area contributed by atoms with Crippen LogP contribution in [-0.4, -0.2) is 46.2 Å². The van der Waals surface area contributed by atoms with Gasteiger partial charge in [-0.1, -0.05) is 17.7 Å². The van der Waals surface area contributed by atoms with Crippen molar-refractivity contribution < 1.29 is 28.7 Å². The summed E-state index contributed by atoms with van der Waals surface area (Å²) in [5.41, 5.74) is 5.62. The number of hydrogen-bond acceptors (Lipinski definition) is 5. The van der Waals surface area contributed by atoms with Gasteiger partial charge >= 0.3 is 0 Å². The van der Waals surface area contributed by atoms with Gasteiger partial charge in [-0.15, -0.1) is 0 Å². The van der Waals surface area contributed by atoms with Crippen LogP contribution in [0.3, 0.4) is 0 Å². The third kappa shape index (κ3) is 7.17. The molecule has 0 bridgehead atoms. The van der Waals surface area contributed by atoms with E-state index >= 15 is 0 Å². The lowest BCUT2D eigenvalue weighted by Crippen LogP contribution is -3.09. The maximum absolute atomic E-state index is 12.1. The van der Waals surface area contributed by atoms with Crippen molar-refractivity contribution in [1.29, 1.82) is 0 Å². The van der Waals surface area contributed by atoms with Gasteiger partial charge in [-0.25, -0.2) is 0 Å². The van der Waals surface area contributed by atoms with E-state index in [1.807, 2.05) is 25.2 Å². The molecule has 1 unspecified atom stereocenters. The molecule has 2 aromatic carbocycles. The summed E-state index contributed by atoms with van der Waals surface area (Å²) in [4.78, 5) is 24.8. The number of quaternary nitrogens is 1. The number of carbonyl (C=O) groups excluding carboxylic acids is 2. The van der Waals surface area contributed by atoms with E-state index in [1.54, 1.807) is 38.5 Å². The van der Waals surface area contributed by atoms with Crippen LogP contribution in [0.25, 0.3) is 0 Å². The zero-order valence-corrected chi connectivity index (χ0v) is 17.3. The number of methoxy groups -OCH3 is 2. The number of carbonyl (C=O) groups is 2. The van der Waals surface area contributed by atoms with E-state index in [0.29, 0.717) is 28.8 Å². The monoisotopic (exact) mass is 422 g/mol. The van der Waals surface area contributed by atoms with E-state index in [0.717, 1.165) is 10.5 Å². The van der Waals surface area contributed by atoms with E-state index in [4.69, 9.17) is 25.8 Å². The Morgan fingerprint density at radius 2 is 1.69 bits per heavy atom. The van der Waals surface area contributed by atoms with Crippen LogP contribution in [0.5, 0.6) is 17.2 Å². The lowest BCUT2D eigenvalue weighted by Gasteiger charge is -2.17. The number of rotatable bonds is 9. The molecule has 0 spiro atoms. The minimum absolute atomic E-state index is 0.151. The number of ether oxygens (including phenoxy) is 3. The third-order valence-corrected chi connectivity index (χ3v) is 4.22. The molecule has 156 valence electrons. The zero-order valence-electron chi connectivity index (χ0n) is 16.6. The number of para-hydroxylation sites is 1. The highest BCUT2D eigenvalue weighted by atomic mass is 35.5. The molecule has 0 aliphatic rings. The summed E-state index contributed by atoms with van der Waals surface area (Å²) in [5, 5.41) is 0.576. The fourth-order valence-electron chi connectivity index (χ4n) is 2.65. The molecule has 2 rings (SSSR count). The van der Waals surface area contributed by atoms with Gasteiger partial charge in [0.1, 0.15) is 12.3 Å². The SMILES string of the molecule is COc1cccc(C[NH+](C)CC(=O)NNC(=O)COc2ccc(Cl)cc2)c1OC. The second-order valence-electron chi connectivity index (χ2n) is 6.30. The summed E-state index contributed by atoms with van der Waals surface area (Å²) in [7, 11) is 5.01. The van der Waals surface area contributed by atoms with Gasteiger partial charge in [0.25, 0.3) is 11.8 Å². The molecule has 0 saturated carbocycles. The molecule has 2 aromatic rings. The Bertz CT molecular complexity index is 829. The molecule has 2 amide bonds. The van der Waals surface area contributed by atoms with Gasteiger partial charge in [-0.3, -0.25) is 20.4 Å². The molecule has 0 aliphatic heterocycles. The summed E-state index contributed by atoms with van der Waals surface area (Å²) in [5.74, 6) is 0.981.